The van der Waals surface area contributed by atoms with E-state index >= 15 is 0 Å². The molecule has 0 atom stereocenters. The van der Waals surface area contributed by atoms with Gasteiger partial charge >= 0.3 is 0 Å². The van der Waals surface area contributed by atoms with Gasteiger partial charge in [0.2, 0.25) is 0 Å². The summed E-state index contributed by atoms with van der Waals surface area (Å²) in [5.74, 6) is 2.05. The molecule has 2 aromatic rings. The summed E-state index contributed by atoms with van der Waals surface area (Å²) in [6.45, 7) is 2.93. The Kier molecular flexibility index (Phi) is 3.83. The van der Waals surface area contributed by atoms with Crippen LogP contribution < -0.4 is 4.74 Å². The Morgan fingerprint density at radius 1 is 1.30 bits per heavy atom. The summed E-state index contributed by atoms with van der Waals surface area (Å²) in [7, 11) is 1.73. The number of nitrogens with zero attached hydrogens (tertiary/aromatic N) is 2. The van der Waals surface area contributed by atoms with E-state index in [1.165, 1.54) is 29.8 Å². The fraction of sp³-hybridized carbons (Fsp3) is 0.438. The standard InChI is InChI=1S/C16H19BrN2O/c1-11-18-14-5-3-4-6-15(14)19(11)10-12-9-13(17)7-8-16(12)20-2/h7-9H,3-6,10H2,1-2H3. The number of rotatable bonds is 3. The van der Waals surface area contributed by atoms with E-state index in [0.29, 0.717) is 0 Å². The first-order valence-electron chi connectivity index (χ1n) is 7.06. The molecule has 1 aliphatic rings. The molecule has 3 nitrogen and oxygen atoms in total. The second-order valence-electron chi connectivity index (χ2n) is 5.30. The van der Waals surface area contributed by atoms with Crippen LogP contribution in [0.1, 0.15) is 35.6 Å². The molecule has 0 saturated heterocycles. The number of aryl methyl sites for hydroxylation is 2. The molecule has 0 amide bonds. The molecule has 20 heavy (non-hydrogen) atoms. The molecular formula is C16H19BrN2O. The van der Waals surface area contributed by atoms with Crippen LogP contribution in [0.3, 0.4) is 0 Å². The summed E-state index contributed by atoms with van der Waals surface area (Å²) in [4.78, 5) is 4.74. The molecule has 0 saturated carbocycles. The number of fused-ring (bicyclic) bond motifs is 1. The molecule has 3 rings (SSSR count). The molecule has 1 aliphatic carbocycles. The molecule has 106 valence electrons. The Morgan fingerprint density at radius 2 is 2.10 bits per heavy atom. The number of methoxy groups -OCH3 is 1. The van der Waals surface area contributed by atoms with Gasteiger partial charge in [0.1, 0.15) is 11.6 Å². The first kappa shape index (κ1) is 13.7. The van der Waals surface area contributed by atoms with Crippen LogP contribution in [-0.4, -0.2) is 16.7 Å². The van der Waals surface area contributed by atoms with E-state index in [2.05, 4.69) is 33.5 Å². The lowest BCUT2D eigenvalue weighted by atomic mass is 10.0. The van der Waals surface area contributed by atoms with Crippen molar-refractivity contribution in [1.29, 1.82) is 0 Å². The van der Waals surface area contributed by atoms with Crippen molar-refractivity contribution in [3.05, 3.63) is 45.4 Å². The van der Waals surface area contributed by atoms with Crippen molar-refractivity contribution in [1.82, 2.24) is 9.55 Å². The van der Waals surface area contributed by atoms with Gasteiger partial charge in [-0.25, -0.2) is 4.98 Å². The number of imidazole rings is 1. The quantitative estimate of drug-likeness (QED) is 0.851. The summed E-state index contributed by atoms with van der Waals surface area (Å²) in [6, 6.07) is 6.16. The van der Waals surface area contributed by atoms with E-state index in [9.17, 15) is 0 Å². The highest BCUT2D eigenvalue weighted by Crippen LogP contribution is 2.27. The van der Waals surface area contributed by atoms with Crippen molar-refractivity contribution in [3.63, 3.8) is 0 Å². The molecular weight excluding hydrogens is 316 g/mol. The number of hydrogen-bond acceptors (Lipinski definition) is 2. The zero-order valence-corrected chi connectivity index (χ0v) is 13.5. The largest absolute Gasteiger partial charge is 0.496 e. The van der Waals surface area contributed by atoms with Gasteiger partial charge in [0.25, 0.3) is 0 Å². The van der Waals surface area contributed by atoms with Gasteiger partial charge in [-0.2, -0.15) is 0 Å². The maximum atomic E-state index is 5.48. The average Bonchev–Trinajstić information content (AvgIpc) is 2.76. The maximum Gasteiger partial charge on any atom is 0.123 e. The first-order valence-corrected chi connectivity index (χ1v) is 7.85. The van der Waals surface area contributed by atoms with Crippen molar-refractivity contribution < 1.29 is 4.74 Å². The fourth-order valence-corrected chi connectivity index (χ4v) is 3.40. The molecule has 4 heteroatoms. The van der Waals surface area contributed by atoms with Crippen molar-refractivity contribution in [2.24, 2.45) is 0 Å². The predicted molar refractivity (Wildman–Crippen MR) is 83.4 cm³/mol. The van der Waals surface area contributed by atoms with E-state index in [4.69, 9.17) is 9.72 Å². The first-order chi connectivity index (χ1) is 9.69. The predicted octanol–water partition coefficient (Wildman–Crippen LogP) is 3.89. The van der Waals surface area contributed by atoms with Crippen LogP contribution in [0.15, 0.2) is 22.7 Å². The highest BCUT2D eigenvalue weighted by atomic mass is 79.9. The van der Waals surface area contributed by atoms with E-state index in [1.54, 1.807) is 7.11 Å². The number of halogens is 1. The molecule has 1 heterocycles. The third-order valence-corrected chi connectivity index (χ3v) is 4.49. The third kappa shape index (κ3) is 2.49. The number of benzene rings is 1. The summed E-state index contributed by atoms with van der Waals surface area (Å²) in [6.07, 6.45) is 4.81. The molecule has 0 N–H and O–H groups in total. The number of ether oxygens (including phenoxy) is 1. The van der Waals surface area contributed by atoms with Gasteiger partial charge in [0, 0.05) is 15.7 Å². The Labute approximate surface area is 128 Å². The van der Waals surface area contributed by atoms with E-state index in [0.717, 1.165) is 35.4 Å². The van der Waals surface area contributed by atoms with Gasteiger partial charge in [0.05, 0.1) is 19.3 Å². The Bertz CT molecular complexity index is 634. The van der Waals surface area contributed by atoms with Gasteiger partial charge in [-0.1, -0.05) is 15.9 Å². The minimum Gasteiger partial charge on any atom is -0.496 e. The SMILES string of the molecule is COc1ccc(Br)cc1Cn1c(C)nc2c1CCCC2. The highest BCUT2D eigenvalue weighted by molar-refractivity contribution is 9.10. The van der Waals surface area contributed by atoms with Crippen LogP contribution in [0.25, 0.3) is 0 Å². The van der Waals surface area contributed by atoms with Gasteiger partial charge in [-0.05, 0) is 50.8 Å². The lowest BCUT2D eigenvalue weighted by molar-refractivity contribution is 0.407. The van der Waals surface area contributed by atoms with Crippen molar-refractivity contribution >= 4 is 15.9 Å². The molecule has 1 aromatic heterocycles. The van der Waals surface area contributed by atoms with Gasteiger partial charge in [-0.3, -0.25) is 0 Å². The Balaban J connectivity index is 1.99. The van der Waals surface area contributed by atoms with Gasteiger partial charge in [0.15, 0.2) is 0 Å². The van der Waals surface area contributed by atoms with E-state index in [1.807, 2.05) is 12.1 Å². The fourth-order valence-electron chi connectivity index (χ4n) is 2.99. The molecule has 1 aromatic carbocycles. The minimum absolute atomic E-state index is 0.830. The highest BCUT2D eigenvalue weighted by Gasteiger charge is 2.18. The van der Waals surface area contributed by atoms with Crippen LogP contribution in [0, 0.1) is 6.92 Å². The van der Waals surface area contributed by atoms with Gasteiger partial charge in [-0.15, -0.1) is 0 Å². The van der Waals surface area contributed by atoms with Crippen LogP contribution >= 0.6 is 15.9 Å². The van der Waals surface area contributed by atoms with E-state index < -0.39 is 0 Å². The van der Waals surface area contributed by atoms with Crippen LogP contribution in [0.5, 0.6) is 5.75 Å². The summed E-state index contributed by atoms with van der Waals surface area (Å²) < 4.78 is 8.91. The van der Waals surface area contributed by atoms with E-state index in [-0.39, 0.29) is 0 Å². The lowest BCUT2D eigenvalue weighted by Crippen LogP contribution is -2.11. The summed E-state index contributed by atoms with van der Waals surface area (Å²) >= 11 is 3.54. The molecule has 0 radical (unpaired) electrons. The Morgan fingerprint density at radius 3 is 2.90 bits per heavy atom. The molecule has 0 bridgehead atoms. The van der Waals surface area contributed by atoms with Crippen molar-refractivity contribution in [3.8, 4) is 5.75 Å². The maximum absolute atomic E-state index is 5.48. The topological polar surface area (TPSA) is 27.1 Å². The third-order valence-electron chi connectivity index (χ3n) is 3.99. The van der Waals surface area contributed by atoms with Crippen LogP contribution in [0.2, 0.25) is 0 Å². The lowest BCUT2D eigenvalue weighted by Gasteiger charge is -2.16. The molecule has 0 spiro atoms. The minimum atomic E-state index is 0.830. The molecule has 0 aliphatic heterocycles. The van der Waals surface area contributed by atoms with Crippen LogP contribution in [-0.2, 0) is 19.4 Å². The zero-order chi connectivity index (χ0) is 14.1. The normalized spacial score (nSPS) is 14.2. The second-order valence-corrected chi connectivity index (χ2v) is 6.22. The molecule has 0 unspecified atom stereocenters. The summed E-state index contributed by atoms with van der Waals surface area (Å²) in [5, 5.41) is 0. The van der Waals surface area contributed by atoms with Crippen molar-refractivity contribution in [2.75, 3.05) is 7.11 Å². The molecule has 0 fully saturated rings. The average molecular weight is 335 g/mol. The zero-order valence-electron chi connectivity index (χ0n) is 11.9. The summed E-state index contributed by atoms with van der Waals surface area (Å²) in [5.41, 5.74) is 3.90. The van der Waals surface area contributed by atoms with Gasteiger partial charge < -0.3 is 9.30 Å². The van der Waals surface area contributed by atoms with Crippen LogP contribution in [0.4, 0.5) is 0 Å². The monoisotopic (exact) mass is 334 g/mol. The van der Waals surface area contributed by atoms with Crippen molar-refractivity contribution in [2.45, 2.75) is 39.2 Å². The second kappa shape index (κ2) is 5.60. The smallest absolute Gasteiger partial charge is 0.123 e. The Hall–Kier alpha value is -1.29. The number of aromatic nitrogens is 2. The number of hydrogen-bond donors (Lipinski definition) is 0.